The zero-order chi connectivity index (χ0) is 13.0. The van der Waals surface area contributed by atoms with Crippen molar-refractivity contribution in [2.24, 2.45) is 0 Å². The van der Waals surface area contributed by atoms with E-state index >= 15 is 0 Å². The third kappa shape index (κ3) is 2.70. The van der Waals surface area contributed by atoms with Crippen LogP contribution in [0, 0.1) is 5.82 Å². The normalized spacial score (nSPS) is 18.3. The van der Waals surface area contributed by atoms with Crippen LogP contribution in [0.4, 0.5) is 4.39 Å². The number of amides is 1. The van der Waals surface area contributed by atoms with Crippen molar-refractivity contribution in [1.29, 1.82) is 0 Å². The van der Waals surface area contributed by atoms with Gasteiger partial charge >= 0.3 is 0 Å². The van der Waals surface area contributed by atoms with Gasteiger partial charge in [-0.15, -0.1) is 0 Å². The molecule has 1 N–H and O–H groups in total. The lowest BCUT2D eigenvalue weighted by Crippen LogP contribution is -2.42. The van der Waals surface area contributed by atoms with Crippen molar-refractivity contribution in [2.75, 3.05) is 20.1 Å². The van der Waals surface area contributed by atoms with E-state index in [2.05, 4.69) is 10.2 Å². The molecule has 1 amide bonds. The van der Waals surface area contributed by atoms with Gasteiger partial charge in [0.25, 0.3) is 0 Å². The maximum Gasteiger partial charge on any atom is 0.241 e. The molecule has 0 aromatic heterocycles. The summed E-state index contributed by atoms with van der Waals surface area (Å²) in [6, 6.07) is 6.03. The molecule has 1 aliphatic rings. The van der Waals surface area contributed by atoms with Gasteiger partial charge in [0.2, 0.25) is 5.91 Å². The van der Waals surface area contributed by atoms with Crippen molar-refractivity contribution >= 4 is 5.91 Å². The number of nitrogens with one attached hydrogen (secondary N) is 1. The maximum absolute atomic E-state index is 13.9. The van der Waals surface area contributed by atoms with Crippen molar-refractivity contribution in [3.63, 3.8) is 0 Å². The Morgan fingerprint density at radius 1 is 1.28 bits per heavy atom. The average molecular weight is 250 g/mol. The highest BCUT2D eigenvalue weighted by Crippen LogP contribution is 2.26. The number of rotatable bonds is 3. The summed E-state index contributed by atoms with van der Waals surface area (Å²) in [5.74, 6) is -0.446. The highest BCUT2D eigenvalue weighted by Gasteiger charge is 2.29. The molecule has 18 heavy (non-hydrogen) atoms. The van der Waals surface area contributed by atoms with Gasteiger partial charge in [-0.3, -0.25) is 9.69 Å². The van der Waals surface area contributed by atoms with Crippen LogP contribution in [0.15, 0.2) is 24.3 Å². The van der Waals surface area contributed by atoms with Gasteiger partial charge in [0, 0.05) is 12.6 Å². The average Bonchev–Trinajstić information content (AvgIpc) is 2.42. The predicted molar refractivity (Wildman–Crippen MR) is 68.6 cm³/mol. The van der Waals surface area contributed by atoms with Crippen molar-refractivity contribution in [3.05, 3.63) is 35.6 Å². The van der Waals surface area contributed by atoms with Crippen LogP contribution >= 0.6 is 0 Å². The molecule has 4 heteroatoms. The molecule has 0 spiro atoms. The van der Waals surface area contributed by atoms with E-state index in [9.17, 15) is 9.18 Å². The first-order chi connectivity index (χ1) is 8.74. The Kier molecular flexibility index (Phi) is 4.31. The second kappa shape index (κ2) is 5.96. The molecule has 98 valence electrons. The Hall–Kier alpha value is -1.42. The number of nitrogens with zero attached hydrogens (tertiary/aromatic N) is 1. The zero-order valence-corrected chi connectivity index (χ0v) is 10.7. The van der Waals surface area contributed by atoms with Crippen LogP contribution in [0.5, 0.6) is 0 Å². The Morgan fingerprint density at radius 3 is 2.56 bits per heavy atom. The van der Waals surface area contributed by atoms with E-state index in [1.807, 2.05) is 0 Å². The molecule has 1 fully saturated rings. The Balaban J connectivity index is 2.30. The van der Waals surface area contributed by atoms with Crippen LogP contribution in [0.3, 0.4) is 0 Å². The van der Waals surface area contributed by atoms with Crippen molar-refractivity contribution < 1.29 is 9.18 Å². The largest absolute Gasteiger partial charge is 0.358 e. The van der Waals surface area contributed by atoms with Crippen molar-refractivity contribution in [3.8, 4) is 0 Å². The number of hydrogen-bond acceptors (Lipinski definition) is 2. The van der Waals surface area contributed by atoms with E-state index in [0.29, 0.717) is 5.56 Å². The van der Waals surface area contributed by atoms with Crippen LogP contribution in [0.1, 0.15) is 30.9 Å². The Morgan fingerprint density at radius 2 is 1.94 bits per heavy atom. The zero-order valence-electron chi connectivity index (χ0n) is 10.7. The van der Waals surface area contributed by atoms with Crippen LogP contribution in [-0.2, 0) is 4.79 Å². The minimum absolute atomic E-state index is 0.137. The summed E-state index contributed by atoms with van der Waals surface area (Å²) in [5.41, 5.74) is 0.471. The van der Waals surface area contributed by atoms with Gasteiger partial charge in [0.1, 0.15) is 11.9 Å². The van der Waals surface area contributed by atoms with Gasteiger partial charge in [-0.25, -0.2) is 4.39 Å². The van der Waals surface area contributed by atoms with Gasteiger partial charge in [-0.1, -0.05) is 24.6 Å². The fourth-order valence-electron chi connectivity index (χ4n) is 2.51. The first-order valence-electron chi connectivity index (χ1n) is 6.44. The summed E-state index contributed by atoms with van der Waals surface area (Å²) in [7, 11) is 1.60. The summed E-state index contributed by atoms with van der Waals surface area (Å²) in [5, 5.41) is 2.64. The third-order valence-electron chi connectivity index (χ3n) is 3.45. The lowest BCUT2D eigenvalue weighted by Gasteiger charge is -2.33. The van der Waals surface area contributed by atoms with E-state index in [-0.39, 0.29) is 11.7 Å². The molecule has 1 unspecified atom stereocenters. The van der Waals surface area contributed by atoms with E-state index in [4.69, 9.17) is 0 Å². The molecule has 2 rings (SSSR count). The number of likely N-dealkylation sites (tertiary alicyclic amines) is 1. The molecule has 3 nitrogen and oxygen atoms in total. The number of carbonyl (C=O) groups excluding carboxylic acids is 1. The summed E-state index contributed by atoms with van der Waals surface area (Å²) in [4.78, 5) is 14.1. The molecule has 1 aliphatic heterocycles. The summed E-state index contributed by atoms with van der Waals surface area (Å²) in [6.07, 6.45) is 3.33. The van der Waals surface area contributed by atoms with Gasteiger partial charge in [0.05, 0.1) is 0 Å². The molecule has 0 aliphatic carbocycles. The number of likely N-dealkylation sites (N-methyl/N-ethyl adjacent to an activating group) is 1. The predicted octanol–water partition coefficient (Wildman–Crippen LogP) is 2.10. The smallest absolute Gasteiger partial charge is 0.241 e. The lowest BCUT2D eigenvalue weighted by atomic mass is 10.0. The first kappa shape index (κ1) is 13.0. The fraction of sp³-hybridized carbons (Fsp3) is 0.500. The number of benzene rings is 1. The summed E-state index contributed by atoms with van der Waals surface area (Å²) >= 11 is 0. The quantitative estimate of drug-likeness (QED) is 0.891. The molecular formula is C14H19FN2O. The molecule has 1 saturated heterocycles. The van der Waals surface area contributed by atoms with Crippen LogP contribution < -0.4 is 5.32 Å². The summed E-state index contributed by atoms with van der Waals surface area (Å²) < 4.78 is 13.9. The van der Waals surface area contributed by atoms with Gasteiger partial charge in [-0.05, 0) is 32.0 Å². The topological polar surface area (TPSA) is 32.3 Å². The monoisotopic (exact) mass is 250 g/mol. The molecule has 0 bridgehead atoms. The second-order valence-electron chi connectivity index (χ2n) is 4.63. The highest BCUT2D eigenvalue weighted by molar-refractivity contribution is 5.83. The minimum atomic E-state index is -0.503. The van der Waals surface area contributed by atoms with E-state index < -0.39 is 6.04 Å². The lowest BCUT2D eigenvalue weighted by molar-refractivity contribution is -0.126. The van der Waals surface area contributed by atoms with Crippen LogP contribution in [-0.4, -0.2) is 30.9 Å². The van der Waals surface area contributed by atoms with Gasteiger partial charge in [0.15, 0.2) is 0 Å². The Labute approximate surface area is 107 Å². The number of carbonyl (C=O) groups is 1. The highest BCUT2D eigenvalue weighted by atomic mass is 19.1. The molecule has 0 radical (unpaired) electrons. The maximum atomic E-state index is 13.9. The molecular weight excluding hydrogens is 231 g/mol. The van der Waals surface area contributed by atoms with Crippen LogP contribution in [0.25, 0.3) is 0 Å². The van der Waals surface area contributed by atoms with Gasteiger partial charge in [-0.2, -0.15) is 0 Å². The van der Waals surface area contributed by atoms with Crippen molar-refractivity contribution in [2.45, 2.75) is 25.3 Å². The molecule has 1 atom stereocenters. The van der Waals surface area contributed by atoms with Crippen molar-refractivity contribution in [1.82, 2.24) is 10.2 Å². The summed E-state index contributed by atoms with van der Waals surface area (Å²) in [6.45, 7) is 1.71. The van der Waals surface area contributed by atoms with E-state index in [1.54, 1.807) is 25.2 Å². The fourth-order valence-corrected chi connectivity index (χ4v) is 2.51. The SMILES string of the molecule is CNC(=O)C(c1ccccc1F)N1CCCCC1. The Bertz CT molecular complexity index is 416. The van der Waals surface area contributed by atoms with E-state index in [0.717, 1.165) is 25.9 Å². The molecule has 1 heterocycles. The van der Waals surface area contributed by atoms with Gasteiger partial charge < -0.3 is 5.32 Å². The molecule has 0 saturated carbocycles. The number of halogens is 1. The third-order valence-corrected chi connectivity index (χ3v) is 3.45. The first-order valence-corrected chi connectivity index (χ1v) is 6.44. The minimum Gasteiger partial charge on any atom is -0.358 e. The molecule has 1 aromatic rings. The van der Waals surface area contributed by atoms with Crippen LogP contribution in [0.2, 0.25) is 0 Å². The molecule has 1 aromatic carbocycles. The number of hydrogen-bond donors (Lipinski definition) is 1. The standard InChI is InChI=1S/C14H19FN2O/c1-16-14(18)13(17-9-5-2-6-10-17)11-7-3-4-8-12(11)15/h3-4,7-8,13H,2,5-6,9-10H2,1H3,(H,16,18). The van der Waals surface area contributed by atoms with E-state index in [1.165, 1.54) is 12.5 Å². The second-order valence-corrected chi connectivity index (χ2v) is 4.63. The number of piperidine rings is 1.